The summed E-state index contributed by atoms with van der Waals surface area (Å²) in [6.45, 7) is 5.68. The Morgan fingerprint density at radius 3 is 2.52 bits per heavy atom. The van der Waals surface area contributed by atoms with Crippen molar-refractivity contribution in [2.24, 2.45) is 0 Å². The first-order chi connectivity index (χ1) is 15.2. The number of anilines is 1. The van der Waals surface area contributed by atoms with Crippen LogP contribution in [0, 0.1) is 0 Å². The van der Waals surface area contributed by atoms with Crippen molar-refractivity contribution in [3.05, 3.63) is 82.9 Å². The molecule has 1 N–H and O–H groups in total. The smallest absolute Gasteiger partial charge is 0.297 e. The van der Waals surface area contributed by atoms with E-state index in [2.05, 4.69) is 34.3 Å². The summed E-state index contributed by atoms with van der Waals surface area (Å²) in [6, 6.07) is 18.3. The number of ether oxygens (including phenoxy) is 1. The monoisotopic (exact) mass is 418 g/mol. The molecule has 0 spiro atoms. The molecule has 1 aliphatic heterocycles. The van der Waals surface area contributed by atoms with Gasteiger partial charge >= 0.3 is 0 Å². The summed E-state index contributed by atoms with van der Waals surface area (Å²) in [7, 11) is 0. The topological polar surface area (TPSA) is 59.4 Å². The number of para-hydroxylation sites is 1. The molecule has 1 aromatic heterocycles. The predicted molar refractivity (Wildman–Crippen MR) is 124 cm³/mol. The second kappa shape index (κ2) is 10.3. The van der Waals surface area contributed by atoms with E-state index in [1.54, 1.807) is 17.0 Å². The summed E-state index contributed by atoms with van der Waals surface area (Å²) in [5.41, 5.74) is 2.01. The van der Waals surface area contributed by atoms with E-state index in [1.165, 1.54) is 5.56 Å². The van der Waals surface area contributed by atoms with Crippen molar-refractivity contribution >= 4 is 5.82 Å². The lowest BCUT2D eigenvalue weighted by Gasteiger charge is -2.32. The molecule has 162 valence electrons. The van der Waals surface area contributed by atoms with E-state index in [-0.39, 0.29) is 11.6 Å². The summed E-state index contributed by atoms with van der Waals surface area (Å²) in [5, 5.41) is 3.38. The lowest BCUT2D eigenvalue weighted by molar-refractivity contribution is 0.177. The second-order valence-corrected chi connectivity index (χ2v) is 7.89. The van der Waals surface area contributed by atoms with Crippen LogP contribution in [0.5, 0.6) is 5.75 Å². The van der Waals surface area contributed by atoms with Gasteiger partial charge in [-0.05, 0) is 49.1 Å². The van der Waals surface area contributed by atoms with E-state index in [9.17, 15) is 4.79 Å². The molecule has 6 nitrogen and oxygen atoms in total. The van der Waals surface area contributed by atoms with E-state index >= 15 is 0 Å². The van der Waals surface area contributed by atoms with Crippen LogP contribution in [-0.2, 0) is 6.42 Å². The molecule has 0 unspecified atom stereocenters. The van der Waals surface area contributed by atoms with Gasteiger partial charge in [0.15, 0.2) is 5.82 Å². The van der Waals surface area contributed by atoms with Gasteiger partial charge in [0.05, 0.1) is 0 Å². The number of hydrogen-bond acceptors (Lipinski definition) is 5. The number of benzene rings is 2. The van der Waals surface area contributed by atoms with E-state index in [0.29, 0.717) is 12.4 Å². The number of likely N-dealkylation sites (tertiary alicyclic amines) is 1. The quantitative estimate of drug-likeness (QED) is 0.604. The maximum Gasteiger partial charge on any atom is 0.297 e. The first kappa shape index (κ1) is 21.1. The van der Waals surface area contributed by atoms with Crippen molar-refractivity contribution in [3.8, 4) is 11.4 Å². The zero-order chi connectivity index (χ0) is 21.5. The Morgan fingerprint density at radius 1 is 1.06 bits per heavy atom. The number of nitrogens with one attached hydrogen (secondary N) is 1. The summed E-state index contributed by atoms with van der Waals surface area (Å²) in [5.74, 6) is 1.34. The minimum absolute atomic E-state index is 0.106. The maximum atomic E-state index is 12.9. The van der Waals surface area contributed by atoms with Crippen LogP contribution >= 0.6 is 0 Å². The lowest BCUT2D eigenvalue weighted by Crippen LogP contribution is -2.41. The Balaban J connectivity index is 1.30. The highest BCUT2D eigenvalue weighted by atomic mass is 16.5. The minimum atomic E-state index is -0.106. The molecule has 0 radical (unpaired) electrons. The molecule has 0 saturated carbocycles. The highest BCUT2D eigenvalue weighted by Gasteiger charge is 2.20. The Bertz CT molecular complexity index is 1010. The van der Waals surface area contributed by atoms with Crippen LogP contribution in [0.1, 0.15) is 25.3 Å². The van der Waals surface area contributed by atoms with Crippen LogP contribution in [-0.4, -0.2) is 46.7 Å². The van der Waals surface area contributed by atoms with Crippen LogP contribution in [0.15, 0.2) is 71.8 Å². The molecule has 3 aromatic rings. The Kier molecular flexibility index (Phi) is 6.99. The van der Waals surface area contributed by atoms with Gasteiger partial charge in [-0.1, -0.05) is 37.3 Å². The number of hydrogen-bond donors (Lipinski definition) is 1. The van der Waals surface area contributed by atoms with Crippen LogP contribution < -0.4 is 15.6 Å². The molecule has 2 heterocycles. The van der Waals surface area contributed by atoms with Crippen LogP contribution in [0.4, 0.5) is 5.82 Å². The molecular weight excluding hydrogens is 388 g/mol. The first-order valence-corrected chi connectivity index (χ1v) is 11.1. The van der Waals surface area contributed by atoms with E-state index in [0.717, 1.165) is 50.3 Å². The van der Waals surface area contributed by atoms with Gasteiger partial charge in [0.2, 0.25) is 0 Å². The van der Waals surface area contributed by atoms with Crippen molar-refractivity contribution in [1.29, 1.82) is 0 Å². The van der Waals surface area contributed by atoms with Gasteiger partial charge in [0.25, 0.3) is 5.56 Å². The molecule has 31 heavy (non-hydrogen) atoms. The molecule has 0 atom stereocenters. The van der Waals surface area contributed by atoms with Gasteiger partial charge in [0, 0.05) is 43.8 Å². The number of nitrogens with zero attached hydrogens (tertiary/aromatic N) is 3. The fourth-order valence-electron chi connectivity index (χ4n) is 3.91. The van der Waals surface area contributed by atoms with E-state index in [1.807, 2.05) is 42.5 Å². The summed E-state index contributed by atoms with van der Waals surface area (Å²) in [6.07, 6.45) is 6.35. The first-order valence-electron chi connectivity index (χ1n) is 11.1. The normalized spacial score (nSPS) is 15.0. The van der Waals surface area contributed by atoms with Gasteiger partial charge in [-0.25, -0.2) is 4.98 Å². The van der Waals surface area contributed by atoms with Crippen molar-refractivity contribution in [2.45, 2.75) is 32.2 Å². The number of aromatic nitrogens is 2. The minimum Gasteiger partial charge on any atom is -0.492 e. The third-order valence-electron chi connectivity index (χ3n) is 5.81. The SMILES string of the molecule is CCc1ccc(-n2ccnc(NC3CCN(CCOc4ccccc4)CC3)c2=O)cc1. The second-order valence-electron chi connectivity index (χ2n) is 7.89. The third-order valence-corrected chi connectivity index (χ3v) is 5.81. The van der Waals surface area contributed by atoms with Crippen molar-refractivity contribution in [1.82, 2.24) is 14.5 Å². The maximum absolute atomic E-state index is 12.9. The van der Waals surface area contributed by atoms with Gasteiger partial charge in [-0.15, -0.1) is 0 Å². The van der Waals surface area contributed by atoms with Gasteiger partial charge < -0.3 is 10.1 Å². The molecular formula is C25H30N4O2. The van der Waals surface area contributed by atoms with E-state index in [4.69, 9.17) is 4.74 Å². The molecule has 1 saturated heterocycles. The fourth-order valence-corrected chi connectivity index (χ4v) is 3.91. The largest absolute Gasteiger partial charge is 0.492 e. The molecule has 1 aliphatic rings. The average molecular weight is 419 g/mol. The Morgan fingerprint density at radius 2 is 1.81 bits per heavy atom. The highest BCUT2D eigenvalue weighted by molar-refractivity contribution is 5.40. The molecule has 0 aliphatic carbocycles. The lowest BCUT2D eigenvalue weighted by atomic mass is 10.1. The third kappa shape index (κ3) is 5.52. The molecule has 0 amide bonds. The van der Waals surface area contributed by atoms with Gasteiger partial charge in [0.1, 0.15) is 12.4 Å². The zero-order valence-corrected chi connectivity index (χ0v) is 18.0. The summed E-state index contributed by atoms with van der Waals surface area (Å²) in [4.78, 5) is 19.7. The number of piperidine rings is 1. The standard InChI is InChI=1S/C25H30N4O2/c1-2-20-8-10-22(11-9-20)29-17-14-26-24(25(29)30)27-21-12-15-28(16-13-21)18-19-31-23-6-4-3-5-7-23/h3-11,14,17,21H,2,12-13,15-16,18-19H2,1H3,(H,26,27). The molecule has 4 rings (SSSR count). The van der Waals surface area contributed by atoms with Crippen LogP contribution in [0.25, 0.3) is 5.69 Å². The summed E-state index contributed by atoms with van der Waals surface area (Å²) >= 11 is 0. The van der Waals surface area contributed by atoms with Gasteiger partial charge in [-0.2, -0.15) is 0 Å². The molecule has 2 aromatic carbocycles. The zero-order valence-electron chi connectivity index (χ0n) is 18.0. The Hall–Kier alpha value is -3.12. The predicted octanol–water partition coefficient (Wildman–Crippen LogP) is 3.75. The van der Waals surface area contributed by atoms with Crippen molar-refractivity contribution < 1.29 is 4.74 Å². The number of rotatable bonds is 8. The summed E-state index contributed by atoms with van der Waals surface area (Å²) < 4.78 is 7.46. The van der Waals surface area contributed by atoms with Gasteiger partial charge in [-0.3, -0.25) is 14.3 Å². The van der Waals surface area contributed by atoms with Crippen LogP contribution in [0.2, 0.25) is 0 Å². The average Bonchev–Trinajstić information content (AvgIpc) is 2.82. The van der Waals surface area contributed by atoms with Crippen LogP contribution in [0.3, 0.4) is 0 Å². The van der Waals surface area contributed by atoms with Crippen molar-refractivity contribution in [2.75, 3.05) is 31.6 Å². The molecule has 1 fully saturated rings. The van der Waals surface area contributed by atoms with E-state index < -0.39 is 0 Å². The fraction of sp³-hybridized carbons (Fsp3) is 0.360. The highest BCUT2D eigenvalue weighted by Crippen LogP contribution is 2.15. The number of aryl methyl sites for hydroxylation is 1. The molecule has 6 heteroatoms. The Labute approximate surface area is 183 Å². The molecule has 0 bridgehead atoms. The van der Waals surface area contributed by atoms with Crippen molar-refractivity contribution in [3.63, 3.8) is 0 Å².